The number of hydrogen-bond acceptors (Lipinski definition) is 3. The van der Waals surface area contributed by atoms with Gasteiger partial charge in [-0.3, -0.25) is 0 Å². The molecule has 0 amide bonds. The van der Waals surface area contributed by atoms with Gasteiger partial charge in [0.05, 0.1) is 14.3 Å². The Bertz CT molecular complexity index is 669. The minimum atomic E-state index is -0.140. The molecule has 0 radical (unpaired) electrons. The quantitative estimate of drug-likeness (QED) is 0.516. The number of nitrogens with zero attached hydrogens (tertiary/aromatic N) is 2. The fourth-order valence-corrected chi connectivity index (χ4v) is 3.09. The number of phenolic OH excluding ortho intramolecular Hbond substituents is 1. The SMILES string of the molecule is CC(C)(C)c1nc(-c2ccc(O)c(Cl)c2)nc(Cl)c1I. The highest BCUT2D eigenvalue weighted by Gasteiger charge is 2.23. The molecule has 0 unspecified atom stereocenters. The standard InChI is InChI=1S/C14H13Cl2IN2O/c1-14(2,3)11-10(17)12(16)19-13(18-11)7-4-5-9(20)8(15)6-7/h4-6,20H,1-3H3. The van der Waals surface area contributed by atoms with Gasteiger partial charge in [0, 0.05) is 11.0 Å². The van der Waals surface area contributed by atoms with Gasteiger partial charge in [-0.15, -0.1) is 0 Å². The van der Waals surface area contributed by atoms with Gasteiger partial charge in [0.15, 0.2) is 5.82 Å². The minimum Gasteiger partial charge on any atom is -0.506 e. The molecular weight excluding hydrogens is 410 g/mol. The van der Waals surface area contributed by atoms with E-state index in [1.54, 1.807) is 12.1 Å². The van der Waals surface area contributed by atoms with E-state index in [2.05, 4.69) is 53.3 Å². The van der Waals surface area contributed by atoms with Crippen LogP contribution < -0.4 is 0 Å². The predicted molar refractivity (Wildman–Crippen MR) is 90.6 cm³/mol. The van der Waals surface area contributed by atoms with E-state index in [9.17, 15) is 5.11 Å². The van der Waals surface area contributed by atoms with Gasteiger partial charge < -0.3 is 5.11 Å². The summed E-state index contributed by atoms with van der Waals surface area (Å²) in [6.45, 7) is 6.21. The van der Waals surface area contributed by atoms with Crippen LogP contribution in [0.2, 0.25) is 10.2 Å². The van der Waals surface area contributed by atoms with Crippen LogP contribution in [-0.4, -0.2) is 15.1 Å². The van der Waals surface area contributed by atoms with E-state index < -0.39 is 0 Å². The lowest BCUT2D eigenvalue weighted by molar-refractivity contribution is 0.475. The summed E-state index contributed by atoms with van der Waals surface area (Å²) in [5.74, 6) is 0.533. The first-order chi connectivity index (χ1) is 9.20. The molecule has 0 aliphatic carbocycles. The van der Waals surface area contributed by atoms with Crippen LogP contribution in [0.4, 0.5) is 0 Å². The molecule has 0 fully saturated rings. The topological polar surface area (TPSA) is 46.0 Å². The zero-order chi connectivity index (χ0) is 15.1. The highest BCUT2D eigenvalue weighted by molar-refractivity contribution is 14.1. The molecule has 106 valence electrons. The third-order valence-electron chi connectivity index (χ3n) is 2.73. The lowest BCUT2D eigenvalue weighted by atomic mass is 9.92. The van der Waals surface area contributed by atoms with Gasteiger partial charge in [-0.25, -0.2) is 9.97 Å². The van der Waals surface area contributed by atoms with Crippen LogP contribution in [0.1, 0.15) is 26.5 Å². The summed E-state index contributed by atoms with van der Waals surface area (Å²) < 4.78 is 0.852. The molecule has 1 N–H and O–H groups in total. The Balaban J connectivity index is 2.63. The lowest BCUT2D eigenvalue weighted by Crippen LogP contribution is -2.17. The number of hydrogen-bond donors (Lipinski definition) is 1. The molecule has 20 heavy (non-hydrogen) atoms. The van der Waals surface area contributed by atoms with Crippen molar-refractivity contribution in [1.82, 2.24) is 9.97 Å². The Morgan fingerprint density at radius 1 is 1.15 bits per heavy atom. The van der Waals surface area contributed by atoms with E-state index in [0.29, 0.717) is 11.0 Å². The average molecular weight is 423 g/mol. The first kappa shape index (κ1) is 15.8. The summed E-state index contributed by atoms with van der Waals surface area (Å²) in [4.78, 5) is 8.90. The fraction of sp³-hybridized carbons (Fsp3) is 0.286. The molecule has 0 saturated carbocycles. The van der Waals surface area contributed by atoms with Crippen LogP contribution in [-0.2, 0) is 5.41 Å². The molecule has 2 rings (SSSR count). The Kier molecular flexibility index (Phi) is 4.47. The average Bonchev–Trinajstić information content (AvgIpc) is 2.34. The van der Waals surface area contributed by atoms with E-state index in [-0.39, 0.29) is 16.2 Å². The van der Waals surface area contributed by atoms with Gasteiger partial charge in [0.2, 0.25) is 0 Å². The molecule has 0 saturated heterocycles. The highest BCUT2D eigenvalue weighted by Crippen LogP contribution is 2.33. The van der Waals surface area contributed by atoms with Crippen molar-refractivity contribution in [3.05, 3.63) is 37.6 Å². The minimum absolute atomic E-state index is 0.0306. The molecule has 0 aliphatic heterocycles. The van der Waals surface area contributed by atoms with Crippen molar-refractivity contribution in [2.45, 2.75) is 26.2 Å². The number of halogens is 3. The van der Waals surface area contributed by atoms with Crippen molar-refractivity contribution in [3.8, 4) is 17.1 Å². The zero-order valence-corrected chi connectivity index (χ0v) is 14.9. The second kappa shape index (κ2) is 5.66. The van der Waals surface area contributed by atoms with Crippen molar-refractivity contribution >= 4 is 45.8 Å². The molecule has 0 aliphatic rings. The van der Waals surface area contributed by atoms with Crippen LogP contribution in [0.5, 0.6) is 5.75 Å². The van der Waals surface area contributed by atoms with Gasteiger partial charge in [0.1, 0.15) is 10.9 Å². The van der Waals surface area contributed by atoms with Gasteiger partial charge >= 0.3 is 0 Å². The summed E-state index contributed by atoms with van der Waals surface area (Å²) in [5.41, 5.74) is 1.47. The molecule has 0 spiro atoms. The molecular formula is C14H13Cl2IN2O. The molecule has 1 aromatic carbocycles. The van der Waals surface area contributed by atoms with Crippen LogP contribution in [0.3, 0.4) is 0 Å². The first-order valence-electron chi connectivity index (χ1n) is 5.92. The third kappa shape index (κ3) is 3.18. The van der Waals surface area contributed by atoms with E-state index in [1.807, 2.05) is 0 Å². The maximum absolute atomic E-state index is 9.47. The molecule has 0 atom stereocenters. The maximum atomic E-state index is 9.47. The number of rotatable bonds is 1. The summed E-state index contributed by atoms with van der Waals surface area (Å²) in [7, 11) is 0. The smallest absolute Gasteiger partial charge is 0.161 e. The lowest BCUT2D eigenvalue weighted by Gasteiger charge is -2.20. The van der Waals surface area contributed by atoms with Crippen LogP contribution in [0, 0.1) is 3.57 Å². The molecule has 3 nitrogen and oxygen atoms in total. The molecule has 2 aromatic rings. The predicted octanol–water partition coefficient (Wildman–Crippen LogP) is 5.06. The number of phenols is 1. The van der Waals surface area contributed by atoms with Gasteiger partial charge in [-0.05, 0) is 40.8 Å². The van der Waals surface area contributed by atoms with Gasteiger partial charge in [-0.1, -0.05) is 44.0 Å². The Labute approximate surface area is 141 Å². The summed E-state index contributed by atoms with van der Waals surface area (Å²) >= 11 is 14.3. The molecule has 1 aromatic heterocycles. The molecule has 1 heterocycles. The summed E-state index contributed by atoms with van der Waals surface area (Å²) in [6.07, 6.45) is 0. The maximum Gasteiger partial charge on any atom is 0.161 e. The van der Waals surface area contributed by atoms with Crippen molar-refractivity contribution in [2.75, 3.05) is 0 Å². The largest absolute Gasteiger partial charge is 0.506 e. The second-order valence-corrected chi connectivity index (χ2v) is 7.26. The number of aromatic nitrogens is 2. The van der Waals surface area contributed by atoms with Crippen molar-refractivity contribution in [1.29, 1.82) is 0 Å². The van der Waals surface area contributed by atoms with Crippen LogP contribution in [0.15, 0.2) is 18.2 Å². The van der Waals surface area contributed by atoms with Crippen molar-refractivity contribution < 1.29 is 5.11 Å². The van der Waals surface area contributed by atoms with Crippen molar-refractivity contribution in [3.63, 3.8) is 0 Å². The monoisotopic (exact) mass is 422 g/mol. The number of benzene rings is 1. The molecule has 0 bridgehead atoms. The third-order valence-corrected chi connectivity index (χ3v) is 4.64. The van der Waals surface area contributed by atoms with Crippen molar-refractivity contribution in [2.24, 2.45) is 0 Å². The van der Waals surface area contributed by atoms with E-state index in [1.165, 1.54) is 6.07 Å². The molecule has 6 heteroatoms. The van der Waals surface area contributed by atoms with Crippen LogP contribution in [0.25, 0.3) is 11.4 Å². The van der Waals surface area contributed by atoms with Gasteiger partial charge in [-0.2, -0.15) is 0 Å². The first-order valence-corrected chi connectivity index (χ1v) is 7.76. The highest BCUT2D eigenvalue weighted by atomic mass is 127. The zero-order valence-electron chi connectivity index (χ0n) is 11.2. The van der Waals surface area contributed by atoms with E-state index in [4.69, 9.17) is 23.2 Å². The Hall–Kier alpha value is -0.590. The van der Waals surface area contributed by atoms with E-state index in [0.717, 1.165) is 14.8 Å². The summed E-state index contributed by atoms with van der Waals surface area (Å²) in [5, 5.41) is 10.2. The fourth-order valence-electron chi connectivity index (χ4n) is 1.69. The van der Waals surface area contributed by atoms with E-state index >= 15 is 0 Å². The normalized spacial score (nSPS) is 11.7. The summed E-state index contributed by atoms with van der Waals surface area (Å²) in [6, 6.07) is 4.86. The van der Waals surface area contributed by atoms with Crippen LogP contribution >= 0.6 is 45.8 Å². The Morgan fingerprint density at radius 3 is 2.35 bits per heavy atom. The Morgan fingerprint density at radius 2 is 1.80 bits per heavy atom. The second-order valence-electron chi connectivity index (χ2n) is 5.42. The van der Waals surface area contributed by atoms with Gasteiger partial charge in [0.25, 0.3) is 0 Å². The number of aromatic hydroxyl groups is 1.